The van der Waals surface area contributed by atoms with Gasteiger partial charge in [-0.15, -0.1) is 0 Å². The van der Waals surface area contributed by atoms with Crippen LogP contribution >= 0.6 is 0 Å². The first-order valence-corrected chi connectivity index (χ1v) is 29.6. The molecule has 6 nitrogen and oxygen atoms in total. The van der Waals surface area contributed by atoms with Crippen molar-refractivity contribution in [2.75, 3.05) is 14.7 Å². The van der Waals surface area contributed by atoms with Crippen LogP contribution in [0.2, 0.25) is 0 Å². The molecule has 0 saturated heterocycles. The molecule has 0 saturated carbocycles. The number of hydrogen-bond donors (Lipinski definition) is 0. The van der Waals surface area contributed by atoms with Crippen LogP contribution in [0.15, 0.2) is 303 Å². The monoisotopic (exact) mass is 1100 g/mol. The Bertz CT molecular complexity index is 4890. The van der Waals surface area contributed by atoms with Gasteiger partial charge in [-0.2, -0.15) is 0 Å². The molecule has 13 aromatic carbocycles. The SMILES string of the molecule is c1ccc(-c2cccc(-c3ccccc3)c2N2c3cc4c(cc3B3c5ccccc5Oc5cc(N(c6ccccc6)c6ccccc6)cc2c53)B2c3ccccc3Oc3cc(-n5c6ccccc6c6ccccc65)cc(c32)N4c2ccccc2)cc1. The van der Waals surface area contributed by atoms with Crippen molar-refractivity contribution < 1.29 is 9.47 Å². The average molecular weight is 1100 g/mol. The minimum absolute atomic E-state index is 0.189. The second-order valence-corrected chi connectivity index (χ2v) is 22.7. The van der Waals surface area contributed by atoms with Crippen molar-refractivity contribution in [3.63, 3.8) is 0 Å². The number of aromatic nitrogens is 1. The Labute approximate surface area is 499 Å². The molecular weight excluding hydrogens is 1050 g/mol. The van der Waals surface area contributed by atoms with Gasteiger partial charge in [0.2, 0.25) is 0 Å². The summed E-state index contributed by atoms with van der Waals surface area (Å²) in [6.07, 6.45) is 0. The molecule has 0 amide bonds. The van der Waals surface area contributed by atoms with Crippen molar-refractivity contribution in [2.45, 2.75) is 0 Å². The highest BCUT2D eigenvalue weighted by molar-refractivity contribution is 7.02. The second kappa shape index (κ2) is 19.2. The average Bonchev–Trinajstić information content (AvgIpc) is 0.858. The number of benzene rings is 13. The number of anilines is 9. The molecule has 18 rings (SSSR count). The maximum absolute atomic E-state index is 7.38. The van der Waals surface area contributed by atoms with Gasteiger partial charge in [-0.25, -0.2) is 0 Å². The standard InChI is InChI=1S/C78H50B2N4O2/c1-6-25-51(26-7-1)58-37-24-38-59(52-27-8-2-9-28-52)78(58)84-69-50-68-64(49-65(69)80-63-40-19-23-44-73(63)85-74-47-56(45-71(84)77(74)80)81(53-29-10-3-11-30-53)54-31-12-4-13-32-54)79-62-39-18-22-43-72(62)86-75-48-57(46-70(76(75)79)82(68)55-33-14-5-15-34-55)83-66-41-20-16-35-60(66)61-36-17-21-42-67(61)83/h1-50H. The zero-order valence-corrected chi connectivity index (χ0v) is 46.6. The maximum atomic E-state index is 7.38. The van der Waals surface area contributed by atoms with E-state index < -0.39 is 0 Å². The third kappa shape index (κ3) is 7.29. The van der Waals surface area contributed by atoms with Crippen LogP contribution < -0.4 is 57.0 Å². The van der Waals surface area contributed by atoms with E-state index in [1.807, 2.05) is 0 Å². The van der Waals surface area contributed by atoms with Crippen LogP contribution in [0.3, 0.4) is 0 Å². The minimum Gasteiger partial charge on any atom is -0.458 e. The summed E-state index contributed by atoms with van der Waals surface area (Å²) < 4.78 is 17.1. The lowest BCUT2D eigenvalue weighted by Gasteiger charge is -2.45. The first kappa shape index (κ1) is 48.3. The van der Waals surface area contributed by atoms with Crippen molar-refractivity contribution >= 4 is 119 Å². The fraction of sp³-hybridized carbons (Fsp3) is 0. The molecule has 1 aromatic heterocycles. The fourth-order valence-corrected chi connectivity index (χ4v) is 14.5. The summed E-state index contributed by atoms with van der Waals surface area (Å²) in [6.45, 7) is -0.411. The Balaban J connectivity index is 0.986. The summed E-state index contributed by atoms with van der Waals surface area (Å²) in [7, 11) is 0. The lowest BCUT2D eigenvalue weighted by Crippen LogP contribution is -2.63. The molecule has 86 heavy (non-hydrogen) atoms. The number of fused-ring (bicyclic) bond motifs is 11. The molecule has 14 aromatic rings. The zero-order chi connectivity index (χ0) is 56.4. The first-order chi connectivity index (χ1) is 42.7. The molecule has 0 spiro atoms. The van der Waals surface area contributed by atoms with Crippen LogP contribution in [-0.4, -0.2) is 18.0 Å². The quantitative estimate of drug-likeness (QED) is 0.142. The molecule has 0 unspecified atom stereocenters. The van der Waals surface area contributed by atoms with E-state index in [1.54, 1.807) is 0 Å². The van der Waals surface area contributed by atoms with E-state index in [4.69, 9.17) is 9.47 Å². The highest BCUT2D eigenvalue weighted by Crippen LogP contribution is 2.53. The van der Waals surface area contributed by atoms with E-state index in [-0.39, 0.29) is 13.4 Å². The lowest BCUT2D eigenvalue weighted by atomic mass is 9.31. The summed E-state index contributed by atoms with van der Waals surface area (Å²) in [4.78, 5) is 7.47. The summed E-state index contributed by atoms with van der Waals surface area (Å²) in [5.74, 6) is 3.36. The normalized spacial score (nSPS) is 13.0. The van der Waals surface area contributed by atoms with Crippen molar-refractivity contribution in [3.05, 3.63) is 303 Å². The lowest BCUT2D eigenvalue weighted by molar-refractivity contribution is 0.487. The molecule has 0 aliphatic carbocycles. The van der Waals surface area contributed by atoms with Gasteiger partial charge in [-0.1, -0.05) is 212 Å². The highest BCUT2D eigenvalue weighted by atomic mass is 16.5. The minimum atomic E-state index is -0.222. The van der Waals surface area contributed by atoms with Gasteiger partial charge in [-0.05, 0) is 123 Å². The molecule has 0 fully saturated rings. The van der Waals surface area contributed by atoms with E-state index in [0.717, 1.165) is 135 Å². The number of rotatable bonds is 8. The van der Waals surface area contributed by atoms with Gasteiger partial charge in [-0.3, -0.25) is 0 Å². The topological polar surface area (TPSA) is 33.1 Å². The predicted octanol–water partition coefficient (Wildman–Crippen LogP) is 16.4. The Hall–Kier alpha value is -11.2. The van der Waals surface area contributed by atoms with Crippen LogP contribution in [0, 0.1) is 0 Å². The smallest absolute Gasteiger partial charge is 0.256 e. The molecular formula is C78H50B2N4O2. The number of nitrogens with zero attached hydrogens (tertiary/aromatic N) is 4. The van der Waals surface area contributed by atoms with E-state index >= 15 is 0 Å². The van der Waals surface area contributed by atoms with E-state index in [1.165, 1.54) is 21.7 Å². The van der Waals surface area contributed by atoms with Gasteiger partial charge < -0.3 is 28.7 Å². The Morgan fingerprint density at radius 2 is 0.744 bits per heavy atom. The van der Waals surface area contributed by atoms with Crippen molar-refractivity contribution in [1.82, 2.24) is 4.57 Å². The number of ether oxygens (including phenoxy) is 2. The Kier molecular flexibility index (Phi) is 10.8. The molecule has 0 bridgehead atoms. The first-order valence-electron chi connectivity index (χ1n) is 29.6. The van der Waals surface area contributed by atoms with E-state index in [2.05, 4.69) is 323 Å². The van der Waals surface area contributed by atoms with E-state index in [0.29, 0.717) is 0 Å². The van der Waals surface area contributed by atoms with Gasteiger partial charge in [0.05, 0.1) is 28.1 Å². The summed E-state index contributed by atoms with van der Waals surface area (Å²) in [6, 6.07) is 110. The van der Waals surface area contributed by atoms with Crippen LogP contribution in [0.5, 0.6) is 23.0 Å². The van der Waals surface area contributed by atoms with Crippen LogP contribution in [0.4, 0.5) is 51.2 Å². The van der Waals surface area contributed by atoms with Gasteiger partial charge >= 0.3 is 0 Å². The molecule has 4 aliphatic rings. The Morgan fingerprint density at radius 3 is 1.30 bits per heavy atom. The maximum Gasteiger partial charge on any atom is 0.256 e. The fourth-order valence-electron chi connectivity index (χ4n) is 14.5. The van der Waals surface area contributed by atoms with Crippen molar-refractivity contribution in [2.24, 2.45) is 0 Å². The molecule has 0 N–H and O–H groups in total. The zero-order valence-electron chi connectivity index (χ0n) is 46.6. The third-order valence-corrected chi connectivity index (χ3v) is 18.0. The van der Waals surface area contributed by atoms with Crippen LogP contribution in [0.1, 0.15) is 0 Å². The predicted molar refractivity (Wildman–Crippen MR) is 358 cm³/mol. The third-order valence-electron chi connectivity index (χ3n) is 18.0. The van der Waals surface area contributed by atoms with E-state index in [9.17, 15) is 0 Å². The van der Waals surface area contributed by atoms with Crippen LogP contribution in [0.25, 0.3) is 49.7 Å². The Morgan fingerprint density at radius 1 is 0.291 bits per heavy atom. The molecule has 0 radical (unpaired) electrons. The molecule has 8 heteroatoms. The summed E-state index contributed by atoms with van der Waals surface area (Å²) >= 11 is 0. The highest BCUT2D eigenvalue weighted by Gasteiger charge is 2.48. The second-order valence-electron chi connectivity index (χ2n) is 22.7. The summed E-state index contributed by atoms with van der Waals surface area (Å²) in [5.41, 5.74) is 24.1. The van der Waals surface area contributed by atoms with Gasteiger partial charge in [0, 0.05) is 73.8 Å². The van der Waals surface area contributed by atoms with Crippen molar-refractivity contribution in [3.8, 4) is 50.9 Å². The molecule has 400 valence electrons. The summed E-state index contributed by atoms with van der Waals surface area (Å²) in [5, 5.41) is 2.41. The van der Waals surface area contributed by atoms with Gasteiger partial charge in [0.25, 0.3) is 13.4 Å². The van der Waals surface area contributed by atoms with Crippen LogP contribution in [-0.2, 0) is 0 Å². The molecule has 5 heterocycles. The number of para-hydroxylation sites is 8. The largest absolute Gasteiger partial charge is 0.458 e. The molecule has 0 atom stereocenters. The number of hydrogen-bond acceptors (Lipinski definition) is 5. The van der Waals surface area contributed by atoms with Gasteiger partial charge in [0.15, 0.2) is 0 Å². The van der Waals surface area contributed by atoms with Gasteiger partial charge in [0.1, 0.15) is 23.0 Å². The van der Waals surface area contributed by atoms with Crippen molar-refractivity contribution in [1.29, 1.82) is 0 Å². The molecule has 4 aliphatic heterocycles.